The molecule has 3 aliphatic rings. The Bertz CT molecular complexity index is 1290. The number of fused-ring (bicyclic) bond motifs is 1. The Balaban J connectivity index is 1.75. The van der Waals surface area contributed by atoms with E-state index in [1.165, 1.54) is 0 Å². The number of benzene rings is 2. The van der Waals surface area contributed by atoms with Crippen LogP contribution in [0.25, 0.3) is 0 Å². The van der Waals surface area contributed by atoms with E-state index in [2.05, 4.69) is 6.07 Å². The molecule has 2 aromatic carbocycles. The fourth-order valence-corrected chi connectivity index (χ4v) is 4.78. The van der Waals surface area contributed by atoms with Crippen LogP contribution >= 0.6 is 0 Å². The summed E-state index contributed by atoms with van der Waals surface area (Å²) in [6, 6.07) is 15.6. The number of hydrogen-bond acceptors (Lipinski definition) is 5. The molecule has 31 heavy (non-hydrogen) atoms. The summed E-state index contributed by atoms with van der Waals surface area (Å²) in [5, 5.41) is 9.16. The standard InChI is InChI=1S/C26H19NO4/c1-26(2)11-18(28)21-19(12-26)31-25-22(20(21)15-9-7-14(13-27)8-10-15)23(29)16-5-3-4-6-17(16)24(25)30/h3-10,20H,11-12H2,1-2H3. The van der Waals surface area contributed by atoms with Crippen molar-refractivity contribution in [2.75, 3.05) is 0 Å². The van der Waals surface area contributed by atoms with Crippen LogP contribution < -0.4 is 0 Å². The largest absolute Gasteiger partial charge is 0.457 e. The summed E-state index contributed by atoms with van der Waals surface area (Å²) in [6.45, 7) is 3.98. The average molecular weight is 409 g/mol. The van der Waals surface area contributed by atoms with E-state index in [4.69, 9.17) is 10.00 Å². The maximum Gasteiger partial charge on any atom is 0.229 e. The van der Waals surface area contributed by atoms with Crippen molar-refractivity contribution in [1.82, 2.24) is 0 Å². The Hall–Kier alpha value is -3.78. The maximum absolute atomic E-state index is 13.5. The fourth-order valence-electron chi connectivity index (χ4n) is 4.78. The molecule has 2 aliphatic carbocycles. The lowest BCUT2D eigenvalue weighted by Crippen LogP contribution is -2.37. The maximum atomic E-state index is 13.5. The third-order valence-electron chi connectivity index (χ3n) is 6.17. The van der Waals surface area contributed by atoms with Crippen molar-refractivity contribution >= 4 is 17.3 Å². The summed E-state index contributed by atoms with van der Waals surface area (Å²) in [7, 11) is 0. The molecule has 0 bridgehead atoms. The topological polar surface area (TPSA) is 84.2 Å². The Labute approximate surface area is 179 Å². The molecule has 1 atom stereocenters. The number of allylic oxidation sites excluding steroid dienone is 4. The van der Waals surface area contributed by atoms with Crippen molar-refractivity contribution in [2.24, 2.45) is 5.41 Å². The highest BCUT2D eigenvalue weighted by Crippen LogP contribution is 2.51. The predicted octanol–water partition coefficient (Wildman–Crippen LogP) is 4.65. The van der Waals surface area contributed by atoms with Crippen LogP contribution in [0.1, 0.15) is 64.4 Å². The van der Waals surface area contributed by atoms with Crippen molar-refractivity contribution in [3.05, 3.63) is 93.4 Å². The zero-order valence-electron chi connectivity index (χ0n) is 17.2. The Morgan fingerprint density at radius 3 is 2.19 bits per heavy atom. The minimum Gasteiger partial charge on any atom is -0.457 e. The molecule has 1 aliphatic heterocycles. The zero-order chi connectivity index (χ0) is 21.9. The molecule has 152 valence electrons. The van der Waals surface area contributed by atoms with Gasteiger partial charge in [-0.3, -0.25) is 14.4 Å². The first-order valence-electron chi connectivity index (χ1n) is 10.2. The summed E-state index contributed by atoms with van der Waals surface area (Å²) in [5.74, 6) is -0.932. The van der Waals surface area contributed by atoms with E-state index in [9.17, 15) is 14.4 Å². The van der Waals surface area contributed by atoms with Crippen LogP contribution in [0.3, 0.4) is 0 Å². The lowest BCUT2D eigenvalue weighted by molar-refractivity contribution is -0.119. The minimum absolute atomic E-state index is 0.0160. The van der Waals surface area contributed by atoms with Gasteiger partial charge in [0.25, 0.3) is 0 Å². The Morgan fingerprint density at radius 2 is 1.55 bits per heavy atom. The second-order valence-electron chi connectivity index (χ2n) is 8.99. The molecule has 1 heterocycles. The van der Waals surface area contributed by atoms with E-state index in [0.717, 1.165) is 0 Å². The Kier molecular flexibility index (Phi) is 4.10. The second-order valence-corrected chi connectivity index (χ2v) is 8.99. The highest BCUT2D eigenvalue weighted by Gasteiger charge is 2.48. The van der Waals surface area contributed by atoms with Crippen molar-refractivity contribution in [3.8, 4) is 6.07 Å². The van der Waals surface area contributed by atoms with E-state index in [0.29, 0.717) is 46.4 Å². The molecule has 0 saturated carbocycles. The molecule has 0 amide bonds. The predicted molar refractivity (Wildman–Crippen MR) is 112 cm³/mol. The van der Waals surface area contributed by atoms with E-state index >= 15 is 0 Å². The lowest BCUT2D eigenvalue weighted by atomic mass is 9.67. The average Bonchev–Trinajstić information content (AvgIpc) is 2.75. The molecule has 0 fully saturated rings. The van der Waals surface area contributed by atoms with Crippen molar-refractivity contribution < 1.29 is 19.1 Å². The van der Waals surface area contributed by atoms with Crippen LogP contribution in [-0.4, -0.2) is 17.3 Å². The molecule has 0 radical (unpaired) electrons. The van der Waals surface area contributed by atoms with Crippen molar-refractivity contribution in [1.29, 1.82) is 5.26 Å². The third kappa shape index (κ3) is 2.87. The van der Waals surface area contributed by atoms with Gasteiger partial charge < -0.3 is 4.74 Å². The molecule has 2 aromatic rings. The summed E-state index contributed by atoms with van der Waals surface area (Å²) >= 11 is 0. The SMILES string of the molecule is CC1(C)CC(=O)C2=C(C1)OC1=C(C(=O)c3ccccc3C1=O)C2c1ccc(C#N)cc1. The van der Waals surface area contributed by atoms with Gasteiger partial charge in [-0.15, -0.1) is 0 Å². The lowest BCUT2D eigenvalue weighted by Gasteiger charge is -2.39. The first-order valence-corrected chi connectivity index (χ1v) is 10.2. The number of nitrogens with zero attached hydrogens (tertiary/aromatic N) is 1. The van der Waals surface area contributed by atoms with E-state index in [1.807, 2.05) is 13.8 Å². The van der Waals surface area contributed by atoms with Gasteiger partial charge in [-0.05, 0) is 23.1 Å². The molecule has 5 nitrogen and oxygen atoms in total. The quantitative estimate of drug-likeness (QED) is 0.685. The number of nitriles is 1. The van der Waals surface area contributed by atoms with Gasteiger partial charge >= 0.3 is 0 Å². The smallest absolute Gasteiger partial charge is 0.229 e. The number of carbonyl (C=O) groups is 3. The minimum atomic E-state index is -0.695. The second kappa shape index (κ2) is 6.61. The van der Waals surface area contributed by atoms with Crippen LogP contribution in [0, 0.1) is 16.7 Å². The molecule has 5 heteroatoms. The normalized spacial score (nSPS) is 21.7. The van der Waals surface area contributed by atoms with Crippen LogP contribution in [0.2, 0.25) is 0 Å². The number of ether oxygens (including phenoxy) is 1. The molecule has 0 saturated heterocycles. The summed E-state index contributed by atoms with van der Waals surface area (Å²) in [6.07, 6.45) is 0.837. The molecule has 1 unspecified atom stereocenters. The first-order chi connectivity index (χ1) is 14.8. The highest BCUT2D eigenvalue weighted by molar-refractivity contribution is 6.27. The van der Waals surface area contributed by atoms with Gasteiger partial charge in [0, 0.05) is 35.5 Å². The van der Waals surface area contributed by atoms with Gasteiger partial charge in [0.2, 0.25) is 5.78 Å². The molecular weight excluding hydrogens is 390 g/mol. The van der Waals surface area contributed by atoms with Gasteiger partial charge in [-0.25, -0.2) is 0 Å². The third-order valence-corrected chi connectivity index (χ3v) is 6.17. The van der Waals surface area contributed by atoms with Gasteiger partial charge in [0.1, 0.15) is 5.76 Å². The number of rotatable bonds is 1. The molecular formula is C26H19NO4. The van der Waals surface area contributed by atoms with E-state index in [-0.39, 0.29) is 34.1 Å². The van der Waals surface area contributed by atoms with Gasteiger partial charge in [-0.2, -0.15) is 5.26 Å². The number of Topliss-reactive ketones (excluding diaryl/α,β-unsaturated/α-hetero) is 3. The van der Waals surface area contributed by atoms with E-state index in [1.54, 1.807) is 48.5 Å². The van der Waals surface area contributed by atoms with Crippen LogP contribution in [0.4, 0.5) is 0 Å². The zero-order valence-corrected chi connectivity index (χ0v) is 17.2. The monoisotopic (exact) mass is 409 g/mol. The Morgan fingerprint density at radius 1 is 0.903 bits per heavy atom. The van der Waals surface area contributed by atoms with Crippen LogP contribution in [-0.2, 0) is 9.53 Å². The van der Waals surface area contributed by atoms with Gasteiger partial charge in [0.15, 0.2) is 17.3 Å². The molecule has 0 spiro atoms. The van der Waals surface area contributed by atoms with Gasteiger partial charge in [0.05, 0.1) is 17.2 Å². The number of carbonyl (C=O) groups excluding carboxylic acids is 3. The summed E-state index contributed by atoms with van der Waals surface area (Å²) in [5.41, 5.74) is 2.16. The van der Waals surface area contributed by atoms with Crippen molar-refractivity contribution in [3.63, 3.8) is 0 Å². The summed E-state index contributed by atoms with van der Waals surface area (Å²) in [4.78, 5) is 40.1. The molecule has 0 N–H and O–H groups in total. The highest BCUT2D eigenvalue weighted by atomic mass is 16.5. The molecule has 0 aromatic heterocycles. The number of ketones is 3. The first kappa shape index (κ1) is 19.2. The van der Waals surface area contributed by atoms with Crippen LogP contribution in [0.15, 0.2) is 71.2 Å². The summed E-state index contributed by atoms with van der Waals surface area (Å²) < 4.78 is 6.05. The van der Waals surface area contributed by atoms with E-state index < -0.39 is 5.92 Å². The number of hydrogen-bond donors (Lipinski definition) is 0. The fraction of sp³-hybridized carbons (Fsp3) is 0.231. The molecule has 5 rings (SSSR count). The van der Waals surface area contributed by atoms with Crippen LogP contribution in [0.5, 0.6) is 0 Å². The van der Waals surface area contributed by atoms with Crippen molar-refractivity contribution in [2.45, 2.75) is 32.6 Å². The van der Waals surface area contributed by atoms with Gasteiger partial charge in [-0.1, -0.05) is 50.2 Å².